The Morgan fingerprint density at radius 3 is 2.71 bits per heavy atom. The van der Waals surface area contributed by atoms with Gasteiger partial charge in [-0.3, -0.25) is 0 Å². The third kappa shape index (κ3) is 3.30. The highest BCUT2D eigenvalue weighted by Gasteiger charge is 2.27. The second kappa shape index (κ2) is 7.38. The highest BCUT2D eigenvalue weighted by atomic mass is 35.5. The zero-order chi connectivity index (χ0) is 15.2. The van der Waals surface area contributed by atoms with Gasteiger partial charge >= 0.3 is 0 Å². The van der Waals surface area contributed by atoms with E-state index < -0.39 is 0 Å². The summed E-state index contributed by atoms with van der Waals surface area (Å²) in [5, 5.41) is 4.63. The van der Waals surface area contributed by atoms with Crippen LogP contribution in [0.4, 0.5) is 5.69 Å². The van der Waals surface area contributed by atoms with Crippen molar-refractivity contribution in [2.45, 2.75) is 32.1 Å². The van der Waals surface area contributed by atoms with E-state index in [-0.39, 0.29) is 24.8 Å². The summed E-state index contributed by atoms with van der Waals surface area (Å²) in [5.74, 6) is 0.603. The van der Waals surface area contributed by atoms with Gasteiger partial charge in [0.25, 0.3) is 5.88 Å². The molecular weight excluding hydrogens is 347 g/mol. The van der Waals surface area contributed by atoms with Gasteiger partial charge in [0, 0.05) is 18.5 Å². The lowest BCUT2D eigenvalue weighted by Crippen LogP contribution is -3.00. The molecule has 0 atom stereocenters. The number of hydrogen-bond acceptors (Lipinski definition) is 3. The molecule has 7 heteroatoms. The normalized spacial score (nSPS) is 18.0. The summed E-state index contributed by atoms with van der Waals surface area (Å²) >= 11 is 0. The van der Waals surface area contributed by atoms with Gasteiger partial charge in [-0.05, 0) is 30.9 Å². The highest BCUT2D eigenvalue weighted by Crippen LogP contribution is 2.30. The van der Waals surface area contributed by atoms with Crippen LogP contribution < -0.4 is 22.9 Å². The average molecular weight is 373 g/mol. The van der Waals surface area contributed by atoms with Crippen molar-refractivity contribution in [3.63, 3.8) is 0 Å². The van der Waals surface area contributed by atoms with Gasteiger partial charge in [0.1, 0.15) is 18.8 Å². The van der Waals surface area contributed by atoms with Gasteiger partial charge in [0.05, 0.1) is 25.7 Å². The Hall–Kier alpha value is -1.17. The van der Waals surface area contributed by atoms with Gasteiger partial charge in [-0.1, -0.05) is 6.07 Å². The number of rotatable bonds is 4. The van der Waals surface area contributed by atoms with Gasteiger partial charge < -0.3 is 27.4 Å². The largest absolute Gasteiger partial charge is 1.00 e. The minimum Gasteiger partial charge on any atom is -1.00 e. The minimum atomic E-state index is 0. The number of nitrogens with zero attached hydrogens (tertiary/aromatic N) is 3. The number of ether oxygens (including phenoxy) is 1. The Morgan fingerprint density at radius 1 is 1.21 bits per heavy atom. The molecule has 2 N–H and O–H groups in total. The lowest BCUT2D eigenvalue weighted by atomic mass is 10.2. The molecule has 134 valence electrons. The summed E-state index contributed by atoms with van der Waals surface area (Å²) in [4.78, 5) is 0. The van der Waals surface area contributed by atoms with Crippen LogP contribution in [0.5, 0.6) is 5.88 Å². The maximum Gasteiger partial charge on any atom is 0.257 e. The Bertz CT molecular complexity index is 710. The van der Waals surface area contributed by atoms with Crippen LogP contribution in [0.25, 0.3) is 5.52 Å². The third-order valence-electron chi connectivity index (χ3n) is 5.37. The molecule has 1 aliphatic carbocycles. The van der Waals surface area contributed by atoms with Crippen molar-refractivity contribution in [1.29, 1.82) is 0 Å². The molecular formula is C17H26Cl2N4O. The number of nitrogen functional groups attached to an aromatic ring is 1. The average Bonchev–Trinajstić information content (AvgIpc) is 3.20. The van der Waals surface area contributed by atoms with Gasteiger partial charge in [-0.2, -0.15) is 0 Å². The number of fused-ring (bicyclic) bond motifs is 3. The van der Waals surface area contributed by atoms with E-state index in [2.05, 4.69) is 24.3 Å². The number of likely N-dealkylation sites (N-methyl/N-ethyl adjacent to an activating group) is 1. The molecule has 0 spiro atoms. The number of hydrogen-bond donors (Lipinski definition) is 1. The maximum atomic E-state index is 6.25. The van der Waals surface area contributed by atoms with E-state index in [1.54, 1.807) is 0 Å². The van der Waals surface area contributed by atoms with Crippen molar-refractivity contribution in [1.82, 2.24) is 9.61 Å². The fraction of sp³-hybridized carbons (Fsp3) is 0.588. The molecule has 1 aliphatic heterocycles. The Labute approximate surface area is 155 Å². The fourth-order valence-corrected chi connectivity index (χ4v) is 3.93. The summed E-state index contributed by atoms with van der Waals surface area (Å²) < 4.78 is 9.05. The second-order valence-electron chi connectivity index (χ2n) is 7.02. The summed E-state index contributed by atoms with van der Waals surface area (Å²) in [6, 6.07) is 4.27. The van der Waals surface area contributed by atoms with E-state index in [0.717, 1.165) is 29.4 Å². The van der Waals surface area contributed by atoms with E-state index in [0.29, 0.717) is 18.2 Å². The van der Waals surface area contributed by atoms with Gasteiger partial charge in [0.15, 0.2) is 0 Å². The first-order chi connectivity index (χ1) is 10.7. The molecule has 0 bridgehead atoms. The van der Waals surface area contributed by atoms with Crippen LogP contribution in [0.1, 0.15) is 30.5 Å². The van der Waals surface area contributed by atoms with Crippen molar-refractivity contribution >= 4 is 23.6 Å². The summed E-state index contributed by atoms with van der Waals surface area (Å²) in [6.45, 7) is 4.24. The number of likely N-dealkylation sites (tertiary alicyclic amines) is 1. The van der Waals surface area contributed by atoms with Crippen LogP contribution in [0.15, 0.2) is 12.1 Å². The molecule has 0 saturated carbocycles. The van der Waals surface area contributed by atoms with Crippen molar-refractivity contribution in [2.24, 2.45) is 0 Å². The van der Waals surface area contributed by atoms with E-state index in [9.17, 15) is 0 Å². The molecule has 4 rings (SSSR count). The molecule has 0 amide bonds. The van der Waals surface area contributed by atoms with Crippen LogP contribution in [0, 0.1) is 0 Å². The molecule has 2 aromatic heterocycles. The molecule has 3 heterocycles. The molecule has 2 aliphatic rings. The van der Waals surface area contributed by atoms with Crippen LogP contribution >= 0.6 is 12.4 Å². The Balaban J connectivity index is 0.00000104. The molecule has 1 saturated heterocycles. The highest BCUT2D eigenvalue weighted by molar-refractivity contribution is 5.85. The number of aryl methyl sites for hydroxylation is 2. The monoisotopic (exact) mass is 372 g/mol. The van der Waals surface area contributed by atoms with Crippen molar-refractivity contribution in [3.8, 4) is 5.88 Å². The lowest BCUT2D eigenvalue weighted by Gasteiger charge is -2.28. The standard InChI is InChI=1S/C17H25N4O.2ClH/c1-21(9-2-3-10-21)11-12-22-17-16(18)15-8-7-13-5-4-6-14(13)20(15)19-17;;/h7-8H,2-6,9-12,18H2,1H3;2*1H/q+1;;/p-1. The first kappa shape index (κ1) is 19.2. The second-order valence-corrected chi connectivity index (χ2v) is 7.02. The number of quaternary nitrogens is 1. The van der Waals surface area contributed by atoms with Crippen molar-refractivity contribution < 1.29 is 21.6 Å². The number of halogens is 2. The van der Waals surface area contributed by atoms with Crippen LogP contribution in [0.3, 0.4) is 0 Å². The molecule has 0 radical (unpaired) electrons. The first-order valence-corrected chi connectivity index (χ1v) is 8.42. The smallest absolute Gasteiger partial charge is 0.257 e. The summed E-state index contributed by atoms with van der Waals surface area (Å²) in [5.41, 5.74) is 10.6. The van der Waals surface area contributed by atoms with Crippen LogP contribution in [-0.4, -0.2) is 47.4 Å². The molecule has 24 heavy (non-hydrogen) atoms. The van der Waals surface area contributed by atoms with Gasteiger partial charge in [-0.15, -0.1) is 17.5 Å². The van der Waals surface area contributed by atoms with E-state index in [1.165, 1.54) is 43.6 Å². The molecule has 1 fully saturated rings. The minimum absolute atomic E-state index is 0. The van der Waals surface area contributed by atoms with Gasteiger partial charge in [-0.25, -0.2) is 4.52 Å². The van der Waals surface area contributed by atoms with Crippen molar-refractivity contribution in [3.05, 3.63) is 23.4 Å². The fourth-order valence-electron chi connectivity index (χ4n) is 3.93. The number of pyridine rings is 1. The zero-order valence-corrected chi connectivity index (χ0v) is 15.7. The number of anilines is 1. The third-order valence-corrected chi connectivity index (χ3v) is 5.37. The number of aromatic nitrogens is 2. The summed E-state index contributed by atoms with van der Waals surface area (Å²) in [7, 11) is 2.32. The summed E-state index contributed by atoms with van der Waals surface area (Å²) in [6.07, 6.45) is 6.11. The zero-order valence-electron chi connectivity index (χ0n) is 14.1. The van der Waals surface area contributed by atoms with Crippen molar-refractivity contribution in [2.75, 3.05) is 39.0 Å². The van der Waals surface area contributed by atoms with E-state index in [1.807, 2.05) is 4.52 Å². The molecule has 2 aromatic rings. The Kier molecular flexibility index (Phi) is 5.89. The molecule has 0 unspecified atom stereocenters. The molecule has 5 nitrogen and oxygen atoms in total. The van der Waals surface area contributed by atoms with E-state index in [4.69, 9.17) is 10.5 Å². The van der Waals surface area contributed by atoms with Gasteiger partial charge in [0.2, 0.25) is 0 Å². The predicted molar refractivity (Wildman–Crippen MR) is 94.4 cm³/mol. The topological polar surface area (TPSA) is 52.5 Å². The SMILES string of the molecule is C[N+]1(CCOc2nn3c4c(ccc3c2N)CCC4)CCCC1.Cl.[Cl-]. The van der Waals surface area contributed by atoms with E-state index >= 15 is 0 Å². The predicted octanol–water partition coefficient (Wildman–Crippen LogP) is -0.550. The maximum absolute atomic E-state index is 6.25. The Morgan fingerprint density at radius 2 is 1.96 bits per heavy atom. The molecule has 0 aromatic carbocycles. The number of nitrogens with two attached hydrogens (primary N) is 1. The van der Waals surface area contributed by atoms with Crippen LogP contribution in [-0.2, 0) is 12.8 Å². The first-order valence-electron chi connectivity index (χ1n) is 8.42. The van der Waals surface area contributed by atoms with Crippen LogP contribution in [0.2, 0.25) is 0 Å². The quantitative estimate of drug-likeness (QED) is 0.732. The lowest BCUT2D eigenvalue weighted by molar-refractivity contribution is -0.897.